The van der Waals surface area contributed by atoms with Crippen LogP contribution < -0.4 is 4.72 Å². The van der Waals surface area contributed by atoms with Crippen molar-refractivity contribution < 1.29 is 17.9 Å². The molecule has 0 aliphatic carbocycles. The van der Waals surface area contributed by atoms with Gasteiger partial charge in [0.05, 0.1) is 24.1 Å². The highest BCUT2D eigenvalue weighted by atomic mass is 35.5. The molecule has 0 fully saturated rings. The number of carbonyl (C=O) groups is 1. The first-order valence-electron chi connectivity index (χ1n) is 5.73. The van der Waals surface area contributed by atoms with Crippen molar-refractivity contribution in [3.8, 4) is 0 Å². The minimum absolute atomic E-state index is 0.0890. The van der Waals surface area contributed by atoms with Gasteiger partial charge in [-0.05, 0) is 24.1 Å². The third-order valence-electron chi connectivity index (χ3n) is 2.42. The number of carbonyl (C=O) groups excluding carboxylic acids is 1. The summed E-state index contributed by atoms with van der Waals surface area (Å²) in [6.07, 6.45) is 0. The molecule has 0 aromatic heterocycles. The van der Waals surface area contributed by atoms with Crippen molar-refractivity contribution in [1.82, 2.24) is 0 Å². The molecule has 0 aliphatic rings. The average Bonchev–Trinajstić information content (AvgIpc) is 2.36. The van der Waals surface area contributed by atoms with Crippen LogP contribution in [0.15, 0.2) is 18.2 Å². The maximum Gasteiger partial charge on any atom is 0.339 e. The highest BCUT2D eigenvalue weighted by Crippen LogP contribution is 2.23. The maximum atomic E-state index is 12.0. The summed E-state index contributed by atoms with van der Waals surface area (Å²) in [4.78, 5) is 11.6. The number of nitrogens with one attached hydrogen (secondary N) is 1. The molecule has 8 heteroatoms. The van der Waals surface area contributed by atoms with E-state index in [2.05, 4.69) is 9.46 Å². The van der Waals surface area contributed by atoms with E-state index < -0.39 is 16.0 Å². The van der Waals surface area contributed by atoms with Crippen molar-refractivity contribution in [1.29, 1.82) is 0 Å². The number of ether oxygens (including phenoxy) is 1. The van der Waals surface area contributed by atoms with Gasteiger partial charge >= 0.3 is 5.97 Å². The first-order chi connectivity index (χ1) is 9.29. The number of hydrogen-bond acceptors (Lipinski definition) is 4. The van der Waals surface area contributed by atoms with Gasteiger partial charge in [-0.2, -0.15) is 0 Å². The summed E-state index contributed by atoms with van der Waals surface area (Å²) in [5.74, 6) is -0.788. The molecular weight excluding hydrogens is 325 g/mol. The first kappa shape index (κ1) is 17.1. The lowest BCUT2D eigenvalue weighted by Crippen LogP contribution is -2.23. The molecule has 0 amide bonds. The fourth-order valence-electron chi connectivity index (χ4n) is 1.52. The molecule has 1 rings (SSSR count). The number of anilines is 1. The van der Waals surface area contributed by atoms with Crippen LogP contribution in [0, 0.1) is 5.92 Å². The minimum atomic E-state index is -3.63. The quantitative estimate of drug-likeness (QED) is 0.638. The molecule has 0 saturated heterocycles. The Hall–Kier alpha value is -0.980. The predicted molar refractivity (Wildman–Crippen MR) is 80.1 cm³/mol. The van der Waals surface area contributed by atoms with Crippen LogP contribution in [0.2, 0.25) is 5.02 Å². The van der Waals surface area contributed by atoms with E-state index in [1.807, 2.05) is 0 Å². The number of sulfonamides is 1. The van der Waals surface area contributed by atoms with E-state index in [4.69, 9.17) is 23.2 Å². The highest BCUT2D eigenvalue weighted by molar-refractivity contribution is 7.92. The summed E-state index contributed by atoms with van der Waals surface area (Å²) in [5, 5.41) is 0.306. The van der Waals surface area contributed by atoms with Crippen LogP contribution in [0.4, 0.5) is 5.69 Å². The molecule has 1 aromatic rings. The van der Waals surface area contributed by atoms with Crippen LogP contribution >= 0.6 is 23.2 Å². The van der Waals surface area contributed by atoms with Crippen molar-refractivity contribution in [3.05, 3.63) is 28.8 Å². The second kappa shape index (κ2) is 7.15. The highest BCUT2D eigenvalue weighted by Gasteiger charge is 2.19. The molecule has 0 bridgehead atoms. The van der Waals surface area contributed by atoms with Gasteiger partial charge in [0.15, 0.2) is 0 Å². The van der Waals surface area contributed by atoms with E-state index in [9.17, 15) is 13.2 Å². The zero-order chi connectivity index (χ0) is 15.3. The van der Waals surface area contributed by atoms with Crippen LogP contribution in [0.1, 0.15) is 17.3 Å². The van der Waals surface area contributed by atoms with Gasteiger partial charge in [0.25, 0.3) is 0 Å². The smallest absolute Gasteiger partial charge is 0.339 e. The molecule has 1 unspecified atom stereocenters. The summed E-state index contributed by atoms with van der Waals surface area (Å²) in [6.45, 7) is 1.71. The maximum absolute atomic E-state index is 12.0. The van der Waals surface area contributed by atoms with Crippen LogP contribution in [0.25, 0.3) is 0 Å². The van der Waals surface area contributed by atoms with Crippen LogP contribution in [0.3, 0.4) is 0 Å². The Labute approximate surface area is 128 Å². The Kier molecular flexibility index (Phi) is 6.10. The van der Waals surface area contributed by atoms with E-state index in [-0.39, 0.29) is 28.8 Å². The van der Waals surface area contributed by atoms with Crippen molar-refractivity contribution >= 4 is 44.9 Å². The number of esters is 1. The number of alkyl halides is 1. The Bertz CT molecular complexity index is 589. The van der Waals surface area contributed by atoms with E-state index in [0.29, 0.717) is 5.02 Å². The average molecular weight is 340 g/mol. The van der Waals surface area contributed by atoms with E-state index in [1.54, 1.807) is 6.92 Å². The van der Waals surface area contributed by atoms with Gasteiger partial charge in [0, 0.05) is 10.9 Å². The lowest BCUT2D eigenvalue weighted by atomic mass is 10.2. The Balaban J connectivity index is 3.07. The van der Waals surface area contributed by atoms with E-state index in [0.717, 1.165) is 0 Å². The Morgan fingerprint density at radius 2 is 2.10 bits per heavy atom. The minimum Gasteiger partial charge on any atom is -0.465 e. The molecular formula is C12H15Cl2NO4S. The normalized spacial score (nSPS) is 12.8. The predicted octanol–water partition coefficient (Wildman–Crippen LogP) is 2.74. The standard InChI is InChI=1S/C12H15Cl2NO4S/c1-8(6-13)7-20(17,18)15-11-5-9(14)3-4-10(11)12(16)19-2/h3-5,8,15H,6-7H2,1-2H3. The summed E-state index contributed by atoms with van der Waals surface area (Å²) < 4.78 is 30.9. The number of halogens is 2. The molecule has 0 aliphatic heterocycles. The second-order valence-corrected chi connectivity index (χ2v) is 6.84. The molecule has 0 heterocycles. The van der Waals surface area contributed by atoms with Crippen molar-refractivity contribution in [2.24, 2.45) is 5.92 Å². The van der Waals surface area contributed by atoms with Gasteiger partial charge in [-0.1, -0.05) is 18.5 Å². The van der Waals surface area contributed by atoms with Gasteiger partial charge in [-0.25, -0.2) is 13.2 Å². The lowest BCUT2D eigenvalue weighted by molar-refractivity contribution is 0.0602. The van der Waals surface area contributed by atoms with E-state index >= 15 is 0 Å². The molecule has 1 N–H and O–H groups in total. The van der Waals surface area contributed by atoms with E-state index in [1.165, 1.54) is 25.3 Å². The van der Waals surface area contributed by atoms with Gasteiger partial charge in [0.1, 0.15) is 0 Å². The number of hydrogen-bond donors (Lipinski definition) is 1. The number of methoxy groups -OCH3 is 1. The molecule has 5 nitrogen and oxygen atoms in total. The lowest BCUT2D eigenvalue weighted by Gasteiger charge is -2.13. The third-order valence-corrected chi connectivity index (χ3v) is 4.72. The summed E-state index contributed by atoms with van der Waals surface area (Å²) in [7, 11) is -2.41. The Morgan fingerprint density at radius 1 is 1.45 bits per heavy atom. The van der Waals surface area contributed by atoms with Crippen LogP contribution in [-0.2, 0) is 14.8 Å². The van der Waals surface area contributed by atoms with Crippen molar-refractivity contribution in [3.63, 3.8) is 0 Å². The summed E-state index contributed by atoms with van der Waals surface area (Å²) in [6, 6.07) is 4.24. The number of benzene rings is 1. The molecule has 1 atom stereocenters. The fourth-order valence-corrected chi connectivity index (χ4v) is 3.38. The Morgan fingerprint density at radius 3 is 2.65 bits per heavy atom. The van der Waals surface area contributed by atoms with Crippen molar-refractivity contribution in [2.45, 2.75) is 6.92 Å². The molecule has 0 radical (unpaired) electrons. The molecule has 0 saturated carbocycles. The zero-order valence-corrected chi connectivity index (χ0v) is 13.3. The topological polar surface area (TPSA) is 72.5 Å². The van der Waals surface area contributed by atoms with Crippen LogP contribution in [0.5, 0.6) is 0 Å². The van der Waals surface area contributed by atoms with Gasteiger partial charge in [-0.3, -0.25) is 4.72 Å². The molecule has 1 aromatic carbocycles. The monoisotopic (exact) mass is 339 g/mol. The molecule has 0 spiro atoms. The van der Waals surface area contributed by atoms with Gasteiger partial charge in [-0.15, -0.1) is 11.6 Å². The third kappa shape index (κ3) is 4.85. The molecule has 20 heavy (non-hydrogen) atoms. The van der Waals surface area contributed by atoms with Crippen molar-refractivity contribution in [2.75, 3.05) is 23.5 Å². The summed E-state index contributed by atoms with van der Waals surface area (Å²) >= 11 is 11.4. The first-order valence-corrected chi connectivity index (χ1v) is 8.30. The fraction of sp³-hybridized carbons (Fsp3) is 0.417. The molecule has 112 valence electrons. The van der Waals surface area contributed by atoms with Gasteiger partial charge in [0.2, 0.25) is 10.0 Å². The zero-order valence-electron chi connectivity index (χ0n) is 11.0. The second-order valence-electron chi connectivity index (χ2n) is 4.32. The number of rotatable bonds is 6. The largest absolute Gasteiger partial charge is 0.465 e. The summed E-state index contributed by atoms with van der Waals surface area (Å²) in [5.41, 5.74) is 0.185. The van der Waals surface area contributed by atoms with Gasteiger partial charge < -0.3 is 4.74 Å². The van der Waals surface area contributed by atoms with Crippen LogP contribution in [-0.4, -0.2) is 33.1 Å². The SMILES string of the molecule is COC(=O)c1ccc(Cl)cc1NS(=O)(=O)CC(C)CCl.